The highest BCUT2D eigenvalue weighted by atomic mass is 35.5. The molecule has 1 aliphatic rings. The second kappa shape index (κ2) is 20.6. The van der Waals surface area contributed by atoms with E-state index in [1.165, 1.54) is 33.4 Å². The number of hydrogen-bond acceptors (Lipinski definition) is 4. The molecule has 0 fully saturated rings. The number of hydrogen-bond donors (Lipinski definition) is 2. The molecular formula is C66H49ClN4. The molecule has 6 bridgehead atoms. The summed E-state index contributed by atoms with van der Waals surface area (Å²) >= 11 is 7.40. The normalized spacial score (nSPS) is 11.4. The average Bonchev–Trinajstić information content (AvgIpc) is 3.43. The third kappa shape index (κ3) is 9.79. The van der Waals surface area contributed by atoms with Crippen molar-refractivity contribution in [2.45, 2.75) is 0 Å². The van der Waals surface area contributed by atoms with Crippen LogP contribution in [0.2, 0.25) is 5.02 Å². The summed E-state index contributed by atoms with van der Waals surface area (Å²) in [5.74, 6) is 0. The number of anilines is 10. The summed E-state index contributed by atoms with van der Waals surface area (Å²) in [6.07, 6.45) is 0. The molecule has 0 aliphatic carbocycles. The van der Waals surface area contributed by atoms with Gasteiger partial charge in [-0.25, -0.2) is 0 Å². The summed E-state index contributed by atoms with van der Waals surface area (Å²) in [5.41, 5.74) is 19.8. The van der Waals surface area contributed by atoms with Crippen LogP contribution in [0.3, 0.4) is 0 Å². The van der Waals surface area contributed by atoms with Crippen LogP contribution in [0, 0.1) is 0 Å². The summed E-state index contributed by atoms with van der Waals surface area (Å²) in [6, 6.07) is 99.4. The number of para-hydroxylation sites is 4. The molecule has 0 spiro atoms. The van der Waals surface area contributed by atoms with E-state index in [0.29, 0.717) is 5.02 Å². The first-order valence-electron chi connectivity index (χ1n) is 23.9. The molecule has 0 atom stereocenters. The molecule has 11 aromatic carbocycles. The Morgan fingerprint density at radius 3 is 0.901 bits per heavy atom. The lowest BCUT2D eigenvalue weighted by molar-refractivity contribution is 1.25. The van der Waals surface area contributed by atoms with Gasteiger partial charge in [0, 0.05) is 45.5 Å². The zero-order valence-electron chi connectivity index (χ0n) is 38.9. The molecule has 4 nitrogen and oxygen atoms in total. The van der Waals surface area contributed by atoms with Crippen LogP contribution >= 0.6 is 11.6 Å². The van der Waals surface area contributed by atoms with Crippen LogP contribution in [0.15, 0.2) is 285 Å². The lowest BCUT2D eigenvalue weighted by Crippen LogP contribution is -2.14. The van der Waals surface area contributed by atoms with Crippen molar-refractivity contribution in [1.82, 2.24) is 0 Å². The fraction of sp³-hybridized carbons (Fsp3) is 0. The van der Waals surface area contributed by atoms with E-state index in [0.717, 1.165) is 68.0 Å². The van der Waals surface area contributed by atoms with E-state index in [2.05, 4.69) is 257 Å². The number of nitrogens with one attached hydrogen (secondary N) is 2. The van der Waals surface area contributed by atoms with Crippen LogP contribution < -0.4 is 20.4 Å². The van der Waals surface area contributed by atoms with Crippen molar-refractivity contribution in [3.05, 3.63) is 290 Å². The summed E-state index contributed by atoms with van der Waals surface area (Å²) in [6.45, 7) is 0. The fourth-order valence-electron chi connectivity index (χ4n) is 9.37. The number of fused-ring (bicyclic) bond motifs is 9. The zero-order chi connectivity index (χ0) is 47.8. The Kier molecular flexibility index (Phi) is 12.9. The predicted octanol–water partition coefficient (Wildman–Crippen LogP) is 19.4. The Bertz CT molecular complexity index is 3330. The maximum absolute atomic E-state index is 7.40. The fourth-order valence-corrected chi connectivity index (χ4v) is 9.66. The van der Waals surface area contributed by atoms with E-state index in [-0.39, 0.29) is 0 Å². The van der Waals surface area contributed by atoms with Gasteiger partial charge in [0.05, 0.1) is 16.4 Å². The maximum atomic E-state index is 7.40. The molecule has 340 valence electrons. The van der Waals surface area contributed by atoms with Gasteiger partial charge in [0.1, 0.15) is 0 Å². The van der Waals surface area contributed by atoms with Gasteiger partial charge in [0.2, 0.25) is 0 Å². The Morgan fingerprint density at radius 1 is 0.239 bits per heavy atom. The van der Waals surface area contributed by atoms with Gasteiger partial charge in [-0.3, -0.25) is 0 Å². The van der Waals surface area contributed by atoms with Crippen molar-refractivity contribution < 1.29 is 0 Å². The van der Waals surface area contributed by atoms with E-state index in [1.54, 1.807) is 0 Å². The quantitative estimate of drug-likeness (QED) is 0.159. The SMILES string of the molecule is Clc1c2cccc1N(c1ccccc1)c1cccc(c1)-c1ccccc1-c1cccc(c1)N2c1ccccc1.c1ccc(Nc2cccc(-c3ccccc3-c3cccc(Nc4ccccc4)c3)c2)cc1. The van der Waals surface area contributed by atoms with Gasteiger partial charge in [0.15, 0.2) is 0 Å². The minimum atomic E-state index is 0.678. The third-order valence-corrected chi connectivity index (χ3v) is 13.0. The Labute approximate surface area is 421 Å². The molecule has 5 heteroatoms. The van der Waals surface area contributed by atoms with Gasteiger partial charge in [-0.15, -0.1) is 0 Å². The molecule has 0 aromatic heterocycles. The van der Waals surface area contributed by atoms with Crippen LogP contribution in [-0.2, 0) is 0 Å². The van der Waals surface area contributed by atoms with Crippen LogP contribution in [0.25, 0.3) is 44.5 Å². The van der Waals surface area contributed by atoms with Gasteiger partial charge < -0.3 is 20.4 Å². The number of halogens is 1. The summed E-state index contributed by atoms with van der Waals surface area (Å²) in [5, 5.41) is 7.68. The van der Waals surface area contributed by atoms with Crippen molar-refractivity contribution in [3.63, 3.8) is 0 Å². The number of benzene rings is 11. The van der Waals surface area contributed by atoms with Gasteiger partial charge in [-0.05, 0) is 154 Å². The molecule has 11 aromatic rings. The highest BCUT2D eigenvalue weighted by Gasteiger charge is 2.24. The van der Waals surface area contributed by atoms with Gasteiger partial charge >= 0.3 is 0 Å². The summed E-state index contributed by atoms with van der Waals surface area (Å²) in [7, 11) is 0. The molecule has 71 heavy (non-hydrogen) atoms. The zero-order valence-corrected chi connectivity index (χ0v) is 39.7. The molecule has 0 radical (unpaired) electrons. The van der Waals surface area contributed by atoms with Gasteiger partial charge in [-0.1, -0.05) is 188 Å². The smallest absolute Gasteiger partial charge is 0.0887 e. The Balaban J connectivity index is 0.000000157. The van der Waals surface area contributed by atoms with Gasteiger partial charge in [0.25, 0.3) is 0 Å². The molecule has 0 saturated heterocycles. The van der Waals surface area contributed by atoms with E-state index in [9.17, 15) is 0 Å². The molecule has 0 amide bonds. The highest BCUT2D eigenvalue weighted by molar-refractivity contribution is 6.36. The van der Waals surface area contributed by atoms with Crippen molar-refractivity contribution in [2.24, 2.45) is 0 Å². The number of nitrogens with zero attached hydrogens (tertiary/aromatic N) is 2. The van der Waals surface area contributed by atoms with Crippen LogP contribution in [0.5, 0.6) is 0 Å². The molecule has 1 heterocycles. The van der Waals surface area contributed by atoms with Crippen LogP contribution in [0.4, 0.5) is 56.9 Å². The molecule has 0 saturated carbocycles. The van der Waals surface area contributed by atoms with Crippen LogP contribution in [0.1, 0.15) is 0 Å². The standard InChI is InChI=1S/C36H25ClN2.C30H24N2/c37-36-34-22-11-23-35(36)39(29-16-5-2-6-17-29)31-19-10-13-27(25-31)33-21-8-7-20-32(33)26-12-9-18-30(24-26)38(34)28-14-3-1-4-15-28;1-3-13-25(14-4-1)31-27-17-9-11-23(21-27)29-19-7-8-20-30(29)24-12-10-18-28(22-24)32-26-15-5-2-6-16-26/h1-25H;1-22,31-32H. The Morgan fingerprint density at radius 2 is 0.521 bits per heavy atom. The van der Waals surface area contributed by atoms with E-state index >= 15 is 0 Å². The third-order valence-electron chi connectivity index (χ3n) is 12.6. The van der Waals surface area contributed by atoms with Gasteiger partial charge in [-0.2, -0.15) is 0 Å². The minimum absolute atomic E-state index is 0.678. The first kappa shape index (κ1) is 44.4. The largest absolute Gasteiger partial charge is 0.356 e. The van der Waals surface area contributed by atoms with Crippen molar-refractivity contribution in [3.8, 4) is 44.5 Å². The monoisotopic (exact) mass is 932 g/mol. The van der Waals surface area contributed by atoms with Crippen LogP contribution in [-0.4, -0.2) is 0 Å². The summed E-state index contributed by atoms with van der Waals surface area (Å²) < 4.78 is 0. The Hall–Kier alpha value is -9.09. The lowest BCUT2D eigenvalue weighted by atomic mass is 9.94. The minimum Gasteiger partial charge on any atom is -0.356 e. The van der Waals surface area contributed by atoms with Crippen molar-refractivity contribution in [1.29, 1.82) is 0 Å². The number of rotatable bonds is 8. The molecular weight excluding hydrogens is 884 g/mol. The van der Waals surface area contributed by atoms with Crippen molar-refractivity contribution in [2.75, 3.05) is 20.4 Å². The lowest BCUT2D eigenvalue weighted by Gasteiger charge is -2.31. The summed E-state index contributed by atoms with van der Waals surface area (Å²) in [4.78, 5) is 4.49. The second-order valence-corrected chi connectivity index (χ2v) is 17.7. The second-order valence-electron chi connectivity index (χ2n) is 17.3. The average molecular weight is 934 g/mol. The highest BCUT2D eigenvalue weighted by Crippen LogP contribution is 2.48. The molecule has 12 rings (SSSR count). The van der Waals surface area contributed by atoms with E-state index in [4.69, 9.17) is 11.6 Å². The van der Waals surface area contributed by atoms with E-state index in [1.807, 2.05) is 48.5 Å². The van der Waals surface area contributed by atoms with E-state index < -0.39 is 0 Å². The first-order chi connectivity index (χ1) is 35.1. The molecule has 2 N–H and O–H groups in total. The molecule has 1 aliphatic heterocycles. The molecule has 0 unspecified atom stereocenters. The first-order valence-corrected chi connectivity index (χ1v) is 24.2. The topological polar surface area (TPSA) is 30.5 Å². The predicted molar refractivity (Wildman–Crippen MR) is 302 cm³/mol. The van der Waals surface area contributed by atoms with Crippen molar-refractivity contribution >= 4 is 68.5 Å². The maximum Gasteiger partial charge on any atom is 0.0887 e.